The third-order valence-corrected chi connectivity index (χ3v) is 4.46. The summed E-state index contributed by atoms with van der Waals surface area (Å²) in [5.41, 5.74) is 0. The number of aliphatic imine (C=N–C) groups is 1. The summed E-state index contributed by atoms with van der Waals surface area (Å²) in [5.74, 6) is 1.96. The molecule has 2 N–H and O–H groups in total. The number of hydrogen-bond donors (Lipinski definition) is 2. The Balaban J connectivity index is 0.00000338. The molecule has 0 radical (unpaired) electrons. The van der Waals surface area contributed by atoms with Gasteiger partial charge in [0.25, 0.3) is 0 Å². The fourth-order valence-electron chi connectivity index (χ4n) is 3.08. The van der Waals surface area contributed by atoms with Crippen LogP contribution >= 0.6 is 24.0 Å². The highest BCUT2D eigenvalue weighted by atomic mass is 127. The van der Waals surface area contributed by atoms with Crippen molar-refractivity contribution in [2.75, 3.05) is 19.7 Å². The Morgan fingerprint density at radius 3 is 2.77 bits per heavy atom. The molecular weight excluding hydrogens is 441 g/mol. The van der Waals surface area contributed by atoms with E-state index in [-0.39, 0.29) is 24.0 Å². The molecule has 5 nitrogen and oxygen atoms in total. The Bertz CT molecular complexity index is 471. The lowest BCUT2D eigenvalue weighted by Gasteiger charge is -2.25. The van der Waals surface area contributed by atoms with E-state index in [1.165, 1.54) is 32.1 Å². The second-order valence-electron chi connectivity index (χ2n) is 7.09. The molecule has 1 heterocycles. The number of rotatable bonds is 10. The first kappa shape index (κ1) is 23.3. The highest BCUT2D eigenvalue weighted by molar-refractivity contribution is 14.0. The molecule has 2 rings (SSSR count). The van der Waals surface area contributed by atoms with E-state index in [0.717, 1.165) is 50.7 Å². The first-order valence-corrected chi connectivity index (χ1v) is 9.93. The van der Waals surface area contributed by atoms with E-state index in [2.05, 4.69) is 24.5 Å². The molecule has 6 heteroatoms. The van der Waals surface area contributed by atoms with Gasteiger partial charge < -0.3 is 19.8 Å². The number of unbranched alkanes of at least 4 members (excludes halogenated alkanes) is 1. The molecule has 0 spiro atoms. The van der Waals surface area contributed by atoms with Crippen LogP contribution in [0.15, 0.2) is 27.8 Å². The van der Waals surface area contributed by atoms with Gasteiger partial charge in [0, 0.05) is 32.2 Å². The monoisotopic (exact) mass is 477 g/mol. The third kappa shape index (κ3) is 10.4. The number of ether oxygens (including phenoxy) is 1. The zero-order valence-corrected chi connectivity index (χ0v) is 18.7. The normalized spacial score (nSPS) is 15.7. The molecule has 0 bridgehead atoms. The van der Waals surface area contributed by atoms with E-state index in [9.17, 15) is 0 Å². The standard InChI is InChI=1S/C20H35N3O2.HI/c1-17(2)24-15-7-6-13-21-20(23-18-9-4-3-5-10-18)22-14-12-19-11-8-16-25-19;/h8,11,16-18H,3-7,9-10,12-15H2,1-2H3,(H2,21,22,23);1H. The van der Waals surface area contributed by atoms with Crippen LogP contribution in [0.4, 0.5) is 0 Å². The van der Waals surface area contributed by atoms with Gasteiger partial charge in [0.05, 0.1) is 12.4 Å². The van der Waals surface area contributed by atoms with Crippen LogP contribution in [0.5, 0.6) is 0 Å². The number of guanidine groups is 1. The van der Waals surface area contributed by atoms with Crippen LogP contribution in [-0.2, 0) is 11.2 Å². The number of hydrogen-bond acceptors (Lipinski definition) is 3. The van der Waals surface area contributed by atoms with Crippen LogP contribution in [0.25, 0.3) is 0 Å². The van der Waals surface area contributed by atoms with E-state index in [1.807, 2.05) is 12.1 Å². The van der Waals surface area contributed by atoms with Crippen LogP contribution in [0.2, 0.25) is 0 Å². The number of nitrogens with zero attached hydrogens (tertiary/aromatic N) is 1. The SMILES string of the molecule is CC(C)OCCCCN=C(NCCc1ccco1)NC1CCCCC1.I. The van der Waals surface area contributed by atoms with Gasteiger partial charge in [-0.2, -0.15) is 0 Å². The Hall–Kier alpha value is -0.760. The molecular formula is C20H36IN3O2. The molecule has 150 valence electrons. The highest BCUT2D eigenvalue weighted by Crippen LogP contribution is 2.17. The second-order valence-corrected chi connectivity index (χ2v) is 7.09. The van der Waals surface area contributed by atoms with Gasteiger partial charge in [0.2, 0.25) is 0 Å². The van der Waals surface area contributed by atoms with Gasteiger partial charge in [0.1, 0.15) is 5.76 Å². The summed E-state index contributed by atoms with van der Waals surface area (Å²) < 4.78 is 11.0. The fourth-order valence-corrected chi connectivity index (χ4v) is 3.08. The van der Waals surface area contributed by atoms with Crippen molar-refractivity contribution >= 4 is 29.9 Å². The molecule has 0 unspecified atom stereocenters. The maximum atomic E-state index is 5.59. The largest absolute Gasteiger partial charge is 0.469 e. The molecule has 26 heavy (non-hydrogen) atoms. The number of nitrogens with one attached hydrogen (secondary N) is 2. The number of halogens is 1. The Morgan fingerprint density at radius 1 is 1.27 bits per heavy atom. The minimum atomic E-state index is 0. The van der Waals surface area contributed by atoms with Crippen LogP contribution in [0.1, 0.15) is 64.6 Å². The average Bonchev–Trinajstić information content (AvgIpc) is 3.12. The summed E-state index contributed by atoms with van der Waals surface area (Å²) >= 11 is 0. The lowest BCUT2D eigenvalue weighted by atomic mass is 9.96. The maximum absolute atomic E-state index is 5.59. The van der Waals surface area contributed by atoms with Crippen LogP contribution in [-0.4, -0.2) is 37.8 Å². The zero-order chi connectivity index (χ0) is 17.7. The Kier molecular flexibility index (Phi) is 12.8. The zero-order valence-electron chi connectivity index (χ0n) is 16.3. The minimum absolute atomic E-state index is 0. The van der Waals surface area contributed by atoms with Crippen molar-refractivity contribution < 1.29 is 9.15 Å². The smallest absolute Gasteiger partial charge is 0.191 e. The average molecular weight is 477 g/mol. The van der Waals surface area contributed by atoms with Crippen molar-refractivity contribution in [1.82, 2.24) is 10.6 Å². The summed E-state index contributed by atoms with van der Waals surface area (Å²) in [5, 5.41) is 7.08. The van der Waals surface area contributed by atoms with Gasteiger partial charge in [0.15, 0.2) is 5.96 Å². The van der Waals surface area contributed by atoms with Crippen molar-refractivity contribution in [2.24, 2.45) is 4.99 Å². The highest BCUT2D eigenvalue weighted by Gasteiger charge is 2.14. The molecule has 1 saturated carbocycles. The van der Waals surface area contributed by atoms with Crippen molar-refractivity contribution in [1.29, 1.82) is 0 Å². The molecule has 1 aromatic rings. The van der Waals surface area contributed by atoms with E-state index >= 15 is 0 Å². The summed E-state index contributed by atoms with van der Waals surface area (Å²) in [7, 11) is 0. The molecule has 1 aromatic heterocycles. The molecule has 0 amide bonds. The first-order valence-electron chi connectivity index (χ1n) is 9.93. The fraction of sp³-hybridized carbons (Fsp3) is 0.750. The summed E-state index contributed by atoms with van der Waals surface area (Å²) in [6, 6.07) is 4.51. The van der Waals surface area contributed by atoms with Gasteiger partial charge in [-0.25, -0.2) is 0 Å². The summed E-state index contributed by atoms with van der Waals surface area (Å²) in [6.45, 7) is 6.65. The van der Waals surface area contributed by atoms with Crippen LogP contribution in [0.3, 0.4) is 0 Å². The van der Waals surface area contributed by atoms with Crippen molar-refractivity contribution in [3.8, 4) is 0 Å². The molecule has 1 fully saturated rings. The second kappa shape index (κ2) is 14.3. The van der Waals surface area contributed by atoms with Crippen molar-refractivity contribution in [3.05, 3.63) is 24.2 Å². The topological polar surface area (TPSA) is 58.8 Å². The minimum Gasteiger partial charge on any atom is -0.469 e. The molecule has 0 aromatic carbocycles. The van der Waals surface area contributed by atoms with Gasteiger partial charge in [-0.3, -0.25) is 4.99 Å². The predicted octanol–water partition coefficient (Wildman–Crippen LogP) is 4.51. The molecule has 0 saturated heterocycles. The molecule has 0 aliphatic heterocycles. The van der Waals surface area contributed by atoms with Gasteiger partial charge in [-0.05, 0) is 51.7 Å². The van der Waals surface area contributed by atoms with Crippen LogP contribution in [0, 0.1) is 0 Å². The first-order chi connectivity index (χ1) is 12.2. The van der Waals surface area contributed by atoms with E-state index in [0.29, 0.717) is 12.1 Å². The maximum Gasteiger partial charge on any atom is 0.191 e. The van der Waals surface area contributed by atoms with E-state index in [4.69, 9.17) is 14.1 Å². The van der Waals surface area contributed by atoms with E-state index in [1.54, 1.807) is 6.26 Å². The van der Waals surface area contributed by atoms with Crippen LogP contribution < -0.4 is 10.6 Å². The Morgan fingerprint density at radius 2 is 2.08 bits per heavy atom. The molecule has 1 aliphatic rings. The van der Waals surface area contributed by atoms with Crippen molar-refractivity contribution in [3.63, 3.8) is 0 Å². The van der Waals surface area contributed by atoms with E-state index < -0.39 is 0 Å². The van der Waals surface area contributed by atoms with Gasteiger partial charge in [-0.15, -0.1) is 24.0 Å². The predicted molar refractivity (Wildman–Crippen MR) is 118 cm³/mol. The lowest BCUT2D eigenvalue weighted by Crippen LogP contribution is -2.45. The Labute approximate surface area is 175 Å². The lowest BCUT2D eigenvalue weighted by molar-refractivity contribution is 0.0763. The van der Waals surface area contributed by atoms with Gasteiger partial charge in [-0.1, -0.05) is 19.3 Å². The quantitative estimate of drug-likeness (QED) is 0.225. The van der Waals surface area contributed by atoms with Gasteiger partial charge >= 0.3 is 0 Å². The van der Waals surface area contributed by atoms with Crippen molar-refractivity contribution in [2.45, 2.75) is 77.4 Å². The summed E-state index contributed by atoms with van der Waals surface area (Å²) in [6.07, 6.45) is 11.6. The molecule has 0 atom stereocenters. The third-order valence-electron chi connectivity index (χ3n) is 4.46. The molecule has 1 aliphatic carbocycles. The number of furan rings is 1. The summed E-state index contributed by atoms with van der Waals surface area (Å²) in [4.78, 5) is 4.76.